The number of aromatic nitrogens is 2. The molecule has 0 spiro atoms. The number of rotatable bonds is 10. The second-order valence-corrected chi connectivity index (χ2v) is 14.8. The molecule has 0 radical (unpaired) electrons. The van der Waals surface area contributed by atoms with Crippen LogP contribution in [0, 0.1) is 5.82 Å². The first kappa shape index (κ1) is 39.0. The van der Waals surface area contributed by atoms with Crippen molar-refractivity contribution in [3.05, 3.63) is 71.9 Å². The van der Waals surface area contributed by atoms with Crippen LogP contribution in [0.4, 0.5) is 19.7 Å². The number of hydrogen-bond acceptors (Lipinski definition) is 7. The molecule has 16 heteroatoms. The predicted octanol–water partition coefficient (Wildman–Crippen LogP) is 3.24. The molecule has 3 unspecified atom stereocenters. The van der Waals surface area contributed by atoms with Crippen LogP contribution in [0.15, 0.2) is 54.7 Å². The van der Waals surface area contributed by atoms with Crippen LogP contribution in [0.25, 0.3) is 11.3 Å². The van der Waals surface area contributed by atoms with Gasteiger partial charge in [0.2, 0.25) is 17.7 Å². The number of urea groups is 2. The van der Waals surface area contributed by atoms with Crippen molar-refractivity contribution in [2.24, 2.45) is 0 Å². The maximum Gasteiger partial charge on any atom is 0.317 e. The lowest BCUT2D eigenvalue weighted by molar-refractivity contribution is -0.138. The molecule has 294 valence electrons. The Hall–Kier alpha value is -5.67. The minimum atomic E-state index is -0.864. The molecule has 0 bridgehead atoms. The number of likely N-dealkylation sites (tertiary alicyclic amines) is 2. The number of aromatic amines is 1. The number of anilines is 1. The molecule has 55 heavy (non-hydrogen) atoms. The number of nitrogens with zero attached hydrogens (tertiary/aromatic N) is 6. The van der Waals surface area contributed by atoms with Gasteiger partial charge in [-0.15, -0.1) is 0 Å². The second kappa shape index (κ2) is 17.2. The van der Waals surface area contributed by atoms with E-state index in [1.165, 1.54) is 15.9 Å². The summed E-state index contributed by atoms with van der Waals surface area (Å²) in [4.78, 5) is 80.4. The molecule has 3 aliphatic heterocycles. The summed E-state index contributed by atoms with van der Waals surface area (Å²) in [5.74, 6) is -0.490. The number of halogens is 1. The zero-order valence-electron chi connectivity index (χ0n) is 31.9. The molecular weight excluding hydrogens is 707 g/mol. The van der Waals surface area contributed by atoms with E-state index >= 15 is 4.39 Å². The molecule has 0 saturated carbocycles. The summed E-state index contributed by atoms with van der Waals surface area (Å²) >= 11 is 0. The summed E-state index contributed by atoms with van der Waals surface area (Å²) in [6.45, 7) is 1.91. The Morgan fingerprint density at radius 1 is 0.873 bits per heavy atom. The first-order valence-electron chi connectivity index (χ1n) is 18.9. The van der Waals surface area contributed by atoms with Gasteiger partial charge in [-0.1, -0.05) is 36.4 Å². The molecule has 3 fully saturated rings. The Morgan fingerprint density at radius 3 is 2.25 bits per heavy atom. The number of amides is 7. The number of nitrogens with one attached hydrogen (secondary N) is 4. The normalized spacial score (nSPS) is 19.2. The van der Waals surface area contributed by atoms with Crippen LogP contribution in [0.2, 0.25) is 0 Å². The summed E-state index contributed by atoms with van der Waals surface area (Å²) in [6, 6.07) is 11.6. The first-order valence-corrected chi connectivity index (χ1v) is 18.9. The first-order chi connectivity index (χ1) is 26.4. The summed E-state index contributed by atoms with van der Waals surface area (Å²) in [7, 11) is 6.43. The van der Waals surface area contributed by atoms with Gasteiger partial charge in [0.05, 0.1) is 30.2 Å². The van der Waals surface area contributed by atoms with Gasteiger partial charge in [-0.2, -0.15) is 0 Å². The average molecular weight is 759 g/mol. The summed E-state index contributed by atoms with van der Waals surface area (Å²) in [5.41, 5.74) is 2.41. The molecule has 2 aromatic carbocycles. The Labute approximate surface area is 320 Å². The van der Waals surface area contributed by atoms with Crippen LogP contribution in [0.3, 0.4) is 0 Å². The molecule has 4 heterocycles. The van der Waals surface area contributed by atoms with E-state index in [-0.39, 0.29) is 54.2 Å². The fraction of sp³-hybridized carbons (Fsp3) is 0.487. The van der Waals surface area contributed by atoms with Crippen molar-refractivity contribution in [3.63, 3.8) is 0 Å². The van der Waals surface area contributed by atoms with Crippen molar-refractivity contribution >= 4 is 35.5 Å². The number of carbonyl (C=O) groups excluding carboxylic acids is 5. The number of carbonyl (C=O) groups is 5. The molecule has 4 N–H and O–H groups in total. The van der Waals surface area contributed by atoms with Crippen LogP contribution in [-0.2, 0) is 14.4 Å². The van der Waals surface area contributed by atoms with Crippen molar-refractivity contribution < 1.29 is 28.4 Å². The number of benzene rings is 2. The molecule has 3 saturated heterocycles. The van der Waals surface area contributed by atoms with Crippen molar-refractivity contribution in [1.29, 1.82) is 0 Å². The van der Waals surface area contributed by atoms with E-state index in [4.69, 9.17) is 0 Å². The Bertz CT molecular complexity index is 1860. The minimum absolute atomic E-state index is 0.102. The average Bonchev–Trinajstić information content (AvgIpc) is 3.98. The number of H-pyrrole nitrogens is 1. The summed E-state index contributed by atoms with van der Waals surface area (Å²) in [5, 5.41) is 8.54. The van der Waals surface area contributed by atoms with Crippen molar-refractivity contribution in [2.75, 3.05) is 65.8 Å². The standard InChI is InChI=1S/C39H51FN10O5/c1-46(2)38(54)42-24-33(51)49-18-9-13-32(49)36(52)43-27-16-20-48(21-17-27)30-15-14-26(22-28(30)40)29-23-41-35(44-29)31-12-8-19-50(31)37(53)34(45-39(55)47(3)4)25-10-6-5-7-11-25/h5-7,10-11,14-15,22-23,27,31-32,34H,8-9,12-13,16-21,24H2,1-4H3,(H,41,44)(H,42,54)(H,43,52)(H,45,55). The van der Waals surface area contributed by atoms with Gasteiger partial charge < -0.3 is 45.4 Å². The van der Waals surface area contributed by atoms with Gasteiger partial charge in [0.25, 0.3) is 0 Å². The highest BCUT2D eigenvalue weighted by Crippen LogP contribution is 2.35. The van der Waals surface area contributed by atoms with E-state index < -0.39 is 12.1 Å². The van der Waals surface area contributed by atoms with E-state index in [1.54, 1.807) is 50.3 Å². The van der Waals surface area contributed by atoms with Gasteiger partial charge in [-0.3, -0.25) is 14.4 Å². The predicted molar refractivity (Wildman–Crippen MR) is 204 cm³/mol. The highest BCUT2D eigenvalue weighted by Gasteiger charge is 2.38. The van der Waals surface area contributed by atoms with Crippen LogP contribution < -0.4 is 20.9 Å². The molecule has 3 atom stereocenters. The fourth-order valence-electron chi connectivity index (χ4n) is 7.56. The van der Waals surface area contributed by atoms with Gasteiger partial charge in [0.15, 0.2) is 0 Å². The van der Waals surface area contributed by atoms with Gasteiger partial charge in [-0.05, 0) is 56.2 Å². The van der Waals surface area contributed by atoms with E-state index in [0.29, 0.717) is 86.6 Å². The molecule has 15 nitrogen and oxygen atoms in total. The smallest absolute Gasteiger partial charge is 0.317 e. The number of imidazole rings is 1. The largest absolute Gasteiger partial charge is 0.369 e. The lowest BCUT2D eigenvalue weighted by atomic mass is 10.0. The maximum absolute atomic E-state index is 15.7. The van der Waals surface area contributed by atoms with Crippen molar-refractivity contribution in [3.8, 4) is 11.3 Å². The number of hydrogen-bond donors (Lipinski definition) is 4. The maximum atomic E-state index is 15.7. The van der Waals surface area contributed by atoms with Crippen LogP contribution in [0.1, 0.15) is 62.0 Å². The van der Waals surface area contributed by atoms with Gasteiger partial charge in [-0.25, -0.2) is 19.0 Å². The molecule has 6 rings (SSSR count). The number of piperidine rings is 1. The molecule has 3 aromatic rings. The molecule has 1 aromatic heterocycles. The van der Waals surface area contributed by atoms with E-state index in [9.17, 15) is 24.0 Å². The molecule has 3 aliphatic rings. The lowest BCUT2D eigenvalue weighted by Crippen LogP contribution is -2.53. The highest BCUT2D eigenvalue weighted by atomic mass is 19.1. The summed E-state index contributed by atoms with van der Waals surface area (Å²) < 4.78 is 15.7. The third-order valence-corrected chi connectivity index (χ3v) is 10.6. The van der Waals surface area contributed by atoms with E-state index in [1.807, 2.05) is 41.3 Å². The van der Waals surface area contributed by atoms with Gasteiger partial charge >= 0.3 is 12.1 Å². The molecule has 0 aliphatic carbocycles. The fourth-order valence-corrected chi connectivity index (χ4v) is 7.56. The van der Waals surface area contributed by atoms with Crippen molar-refractivity contribution in [1.82, 2.24) is 45.5 Å². The van der Waals surface area contributed by atoms with Crippen LogP contribution in [-0.4, -0.2) is 132 Å². The molecule has 7 amide bonds. The lowest BCUT2D eigenvalue weighted by Gasteiger charge is -2.35. The zero-order chi connectivity index (χ0) is 39.2. The third-order valence-electron chi connectivity index (χ3n) is 10.6. The SMILES string of the molecule is CN(C)C(=O)NCC(=O)N1CCCC1C(=O)NC1CCN(c2ccc(-c3cnc(C4CCCN4C(=O)C(NC(=O)N(C)C)c4ccccc4)[nH]3)cc2F)CC1. The monoisotopic (exact) mass is 758 g/mol. The van der Waals surface area contributed by atoms with Crippen molar-refractivity contribution in [2.45, 2.75) is 62.7 Å². The molecular formula is C39H51FN10O5. The van der Waals surface area contributed by atoms with Crippen LogP contribution >= 0.6 is 0 Å². The second-order valence-electron chi connectivity index (χ2n) is 14.8. The van der Waals surface area contributed by atoms with Crippen LogP contribution in [0.5, 0.6) is 0 Å². The Balaban J connectivity index is 1.05. The van der Waals surface area contributed by atoms with Gasteiger partial charge in [0, 0.05) is 66.0 Å². The summed E-state index contributed by atoms with van der Waals surface area (Å²) in [6.07, 6.45) is 5.64. The van der Waals surface area contributed by atoms with Gasteiger partial charge in [0.1, 0.15) is 23.7 Å². The quantitative estimate of drug-likeness (QED) is 0.247. The highest BCUT2D eigenvalue weighted by molar-refractivity contribution is 5.91. The van der Waals surface area contributed by atoms with E-state index in [2.05, 4.69) is 25.9 Å². The Kier molecular flexibility index (Phi) is 12.2. The van der Waals surface area contributed by atoms with E-state index in [0.717, 1.165) is 6.42 Å². The topological polar surface area (TPSA) is 166 Å². The minimum Gasteiger partial charge on any atom is -0.369 e. The zero-order valence-corrected chi connectivity index (χ0v) is 31.9. The Morgan fingerprint density at radius 2 is 1.56 bits per heavy atom. The third kappa shape index (κ3) is 9.01.